The molecule has 3 N–H and O–H groups in total. The Morgan fingerprint density at radius 3 is 2.71 bits per heavy atom. The monoisotopic (exact) mass is 193 g/mol. The van der Waals surface area contributed by atoms with E-state index in [-0.39, 0.29) is 0 Å². The molecule has 78 valence electrons. The average molecular weight is 193 g/mol. The minimum Gasteiger partial charge on any atom is -0.381 e. The van der Waals surface area contributed by atoms with E-state index in [0.717, 1.165) is 12.1 Å². The summed E-state index contributed by atoms with van der Waals surface area (Å²) in [6.45, 7) is 2.88. The van der Waals surface area contributed by atoms with Gasteiger partial charge in [-0.05, 0) is 18.6 Å². The predicted molar refractivity (Wildman–Crippen MR) is 60.2 cm³/mol. The molecule has 1 atom stereocenters. The minimum atomic E-state index is 0.386. The second-order valence-corrected chi connectivity index (χ2v) is 3.46. The lowest BCUT2D eigenvalue weighted by atomic mass is 10.1. The molecular weight excluding hydrogens is 174 g/mol. The van der Waals surface area contributed by atoms with Crippen LogP contribution in [0.1, 0.15) is 26.2 Å². The van der Waals surface area contributed by atoms with Crippen molar-refractivity contribution < 1.29 is 0 Å². The third-order valence-electron chi connectivity index (χ3n) is 2.24. The summed E-state index contributed by atoms with van der Waals surface area (Å²) >= 11 is 0. The first-order chi connectivity index (χ1) is 6.86. The van der Waals surface area contributed by atoms with Gasteiger partial charge in [0.25, 0.3) is 0 Å². The van der Waals surface area contributed by atoms with Crippen molar-refractivity contribution in [3.8, 4) is 0 Å². The number of unbranched alkanes of at least 4 members (excludes halogenated alkanes) is 1. The quantitative estimate of drug-likeness (QED) is 0.726. The van der Waals surface area contributed by atoms with Crippen LogP contribution in [-0.2, 0) is 0 Å². The van der Waals surface area contributed by atoms with Crippen LogP contribution in [0.5, 0.6) is 0 Å². The van der Waals surface area contributed by atoms with E-state index in [2.05, 4.69) is 17.2 Å². The number of nitrogens with two attached hydrogens (primary N) is 1. The molecule has 1 unspecified atom stereocenters. The van der Waals surface area contributed by atoms with Gasteiger partial charge in [0.05, 0.1) is 0 Å². The minimum absolute atomic E-state index is 0.386. The largest absolute Gasteiger partial charge is 0.381 e. The Balaban J connectivity index is 2.40. The Morgan fingerprint density at radius 2 is 2.14 bits per heavy atom. The lowest BCUT2D eigenvalue weighted by molar-refractivity contribution is 0.614. The Hall–Kier alpha value is -1.09. The van der Waals surface area contributed by atoms with Crippen LogP contribution < -0.4 is 11.1 Å². The van der Waals surface area contributed by atoms with E-state index in [1.807, 2.05) is 12.1 Å². The predicted octanol–water partition coefficient (Wildman–Crippen LogP) is 2.01. The van der Waals surface area contributed by atoms with Gasteiger partial charge in [-0.15, -0.1) is 0 Å². The van der Waals surface area contributed by atoms with Gasteiger partial charge >= 0.3 is 0 Å². The highest BCUT2D eigenvalue weighted by Gasteiger charge is 2.04. The zero-order valence-corrected chi connectivity index (χ0v) is 8.74. The van der Waals surface area contributed by atoms with Crippen molar-refractivity contribution in [1.29, 1.82) is 0 Å². The summed E-state index contributed by atoms with van der Waals surface area (Å²) in [6.07, 6.45) is 7.15. The summed E-state index contributed by atoms with van der Waals surface area (Å²) in [5, 5.41) is 3.40. The van der Waals surface area contributed by atoms with Crippen molar-refractivity contribution in [2.24, 2.45) is 5.73 Å². The highest BCUT2D eigenvalue weighted by molar-refractivity contribution is 5.41. The normalized spacial score (nSPS) is 12.4. The lowest BCUT2D eigenvalue weighted by Crippen LogP contribution is -2.28. The number of pyridine rings is 1. The zero-order chi connectivity index (χ0) is 10.2. The fourth-order valence-electron chi connectivity index (χ4n) is 1.38. The summed E-state index contributed by atoms with van der Waals surface area (Å²) < 4.78 is 0. The molecule has 1 rings (SSSR count). The van der Waals surface area contributed by atoms with Crippen LogP contribution in [-0.4, -0.2) is 17.6 Å². The van der Waals surface area contributed by atoms with Crippen LogP contribution in [0.3, 0.4) is 0 Å². The van der Waals surface area contributed by atoms with Gasteiger partial charge in [0, 0.05) is 30.7 Å². The van der Waals surface area contributed by atoms with Gasteiger partial charge in [0.1, 0.15) is 0 Å². The first kappa shape index (κ1) is 11.0. The molecule has 0 saturated heterocycles. The van der Waals surface area contributed by atoms with Crippen LogP contribution in [0.2, 0.25) is 0 Å². The number of anilines is 1. The number of hydrogen-bond donors (Lipinski definition) is 2. The van der Waals surface area contributed by atoms with Gasteiger partial charge in [-0.2, -0.15) is 0 Å². The highest BCUT2D eigenvalue weighted by atomic mass is 14.9. The van der Waals surface area contributed by atoms with Crippen molar-refractivity contribution in [2.45, 2.75) is 32.2 Å². The molecule has 0 aliphatic heterocycles. The van der Waals surface area contributed by atoms with Crippen LogP contribution in [0.25, 0.3) is 0 Å². The number of nitrogens with zero attached hydrogens (tertiary/aromatic N) is 1. The van der Waals surface area contributed by atoms with Crippen LogP contribution in [0.15, 0.2) is 24.5 Å². The van der Waals surface area contributed by atoms with E-state index in [4.69, 9.17) is 5.73 Å². The standard InChI is InChI=1S/C11H19N3/c1-2-3-4-11(9-12)14-10-5-7-13-8-6-10/h5-8,11H,2-4,9,12H2,1H3,(H,13,14). The van der Waals surface area contributed by atoms with E-state index in [1.165, 1.54) is 12.8 Å². The zero-order valence-electron chi connectivity index (χ0n) is 8.74. The summed E-state index contributed by atoms with van der Waals surface area (Å²) in [6, 6.07) is 4.32. The molecular formula is C11H19N3. The second kappa shape index (κ2) is 6.38. The molecule has 0 bridgehead atoms. The molecule has 0 aromatic carbocycles. The third kappa shape index (κ3) is 3.75. The fraction of sp³-hybridized carbons (Fsp3) is 0.545. The van der Waals surface area contributed by atoms with E-state index < -0.39 is 0 Å². The maximum atomic E-state index is 5.68. The van der Waals surface area contributed by atoms with E-state index in [1.54, 1.807) is 12.4 Å². The molecule has 1 heterocycles. The SMILES string of the molecule is CCCCC(CN)Nc1ccncc1. The highest BCUT2D eigenvalue weighted by Crippen LogP contribution is 2.09. The van der Waals surface area contributed by atoms with Crippen LogP contribution in [0.4, 0.5) is 5.69 Å². The molecule has 1 aromatic heterocycles. The first-order valence-electron chi connectivity index (χ1n) is 5.23. The van der Waals surface area contributed by atoms with Gasteiger partial charge in [0.15, 0.2) is 0 Å². The van der Waals surface area contributed by atoms with Crippen molar-refractivity contribution in [3.63, 3.8) is 0 Å². The Bertz CT molecular complexity index is 236. The summed E-state index contributed by atoms with van der Waals surface area (Å²) in [4.78, 5) is 3.97. The molecule has 3 nitrogen and oxygen atoms in total. The molecule has 0 aliphatic carbocycles. The molecule has 0 radical (unpaired) electrons. The smallest absolute Gasteiger partial charge is 0.0383 e. The van der Waals surface area contributed by atoms with Crippen molar-refractivity contribution >= 4 is 5.69 Å². The van der Waals surface area contributed by atoms with Crippen molar-refractivity contribution in [3.05, 3.63) is 24.5 Å². The number of nitrogens with one attached hydrogen (secondary N) is 1. The molecule has 1 aromatic rings. The topological polar surface area (TPSA) is 50.9 Å². The van der Waals surface area contributed by atoms with Crippen LogP contribution >= 0.6 is 0 Å². The van der Waals surface area contributed by atoms with Gasteiger partial charge in [-0.1, -0.05) is 19.8 Å². The number of aromatic nitrogens is 1. The summed E-state index contributed by atoms with van der Waals surface area (Å²) in [7, 11) is 0. The molecule has 0 aliphatic rings. The summed E-state index contributed by atoms with van der Waals surface area (Å²) in [5.74, 6) is 0. The van der Waals surface area contributed by atoms with E-state index in [9.17, 15) is 0 Å². The Morgan fingerprint density at radius 1 is 1.43 bits per heavy atom. The Kier molecular flexibility index (Phi) is 5.00. The van der Waals surface area contributed by atoms with Gasteiger partial charge in [-0.3, -0.25) is 4.98 Å². The average Bonchev–Trinajstić information content (AvgIpc) is 2.25. The first-order valence-corrected chi connectivity index (χ1v) is 5.23. The Labute approximate surface area is 85.7 Å². The van der Waals surface area contributed by atoms with Crippen molar-refractivity contribution in [2.75, 3.05) is 11.9 Å². The van der Waals surface area contributed by atoms with Gasteiger partial charge in [0.2, 0.25) is 0 Å². The molecule has 14 heavy (non-hydrogen) atoms. The molecule has 0 amide bonds. The molecule has 3 heteroatoms. The van der Waals surface area contributed by atoms with E-state index in [0.29, 0.717) is 12.6 Å². The third-order valence-corrected chi connectivity index (χ3v) is 2.24. The molecule has 0 saturated carbocycles. The molecule has 0 fully saturated rings. The van der Waals surface area contributed by atoms with Gasteiger partial charge < -0.3 is 11.1 Å². The van der Waals surface area contributed by atoms with Gasteiger partial charge in [-0.25, -0.2) is 0 Å². The van der Waals surface area contributed by atoms with E-state index >= 15 is 0 Å². The maximum Gasteiger partial charge on any atom is 0.0383 e. The number of rotatable bonds is 6. The summed E-state index contributed by atoms with van der Waals surface area (Å²) in [5.41, 5.74) is 6.79. The maximum absolute atomic E-state index is 5.68. The number of hydrogen-bond acceptors (Lipinski definition) is 3. The lowest BCUT2D eigenvalue weighted by Gasteiger charge is -2.17. The van der Waals surface area contributed by atoms with Crippen molar-refractivity contribution in [1.82, 2.24) is 4.98 Å². The second-order valence-electron chi connectivity index (χ2n) is 3.46. The van der Waals surface area contributed by atoms with Crippen LogP contribution in [0, 0.1) is 0 Å². The molecule has 0 spiro atoms. The fourth-order valence-corrected chi connectivity index (χ4v) is 1.38.